The highest BCUT2D eigenvalue weighted by Gasteiger charge is 2.32. The first-order valence-electron chi connectivity index (χ1n) is 6.08. The Morgan fingerprint density at radius 1 is 0.929 bits per heavy atom. The Labute approximate surface area is 91.5 Å². The van der Waals surface area contributed by atoms with Crippen molar-refractivity contribution in [2.75, 3.05) is 0 Å². The monoisotopic (exact) mass is 198 g/mol. The summed E-state index contributed by atoms with van der Waals surface area (Å²) < 4.78 is 0. The van der Waals surface area contributed by atoms with E-state index in [9.17, 15) is 0 Å². The largest absolute Gasteiger partial charge is 0.0651 e. The van der Waals surface area contributed by atoms with Crippen LogP contribution in [0.4, 0.5) is 0 Å². The molecule has 86 valence electrons. The molecular formula is C14H30. The van der Waals surface area contributed by atoms with Crippen molar-refractivity contribution < 1.29 is 0 Å². The van der Waals surface area contributed by atoms with E-state index in [0.717, 1.165) is 11.8 Å². The van der Waals surface area contributed by atoms with Gasteiger partial charge in [-0.3, -0.25) is 0 Å². The summed E-state index contributed by atoms with van der Waals surface area (Å²) >= 11 is 0. The van der Waals surface area contributed by atoms with E-state index in [1.807, 2.05) is 0 Å². The second-order valence-electron chi connectivity index (χ2n) is 7.12. The van der Waals surface area contributed by atoms with Crippen LogP contribution in [0.5, 0.6) is 0 Å². The van der Waals surface area contributed by atoms with Crippen LogP contribution >= 0.6 is 0 Å². The molecule has 0 fully saturated rings. The lowest BCUT2D eigenvalue weighted by atomic mass is 9.66. The number of hydrogen-bond donors (Lipinski definition) is 0. The SMILES string of the molecule is CCC(C)C(CC(C)(C)C)C(C)(C)C. The van der Waals surface area contributed by atoms with E-state index < -0.39 is 0 Å². The number of hydrogen-bond acceptors (Lipinski definition) is 0. The molecule has 0 aliphatic rings. The van der Waals surface area contributed by atoms with Crippen LogP contribution in [-0.2, 0) is 0 Å². The molecule has 0 N–H and O–H groups in total. The van der Waals surface area contributed by atoms with Gasteiger partial charge in [0, 0.05) is 0 Å². The van der Waals surface area contributed by atoms with Crippen LogP contribution in [0.15, 0.2) is 0 Å². The van der Waals surface area contributed by atoms with Crippen molar-refractivity contribution in [2.45, 2.75) is 68.2 Å². The van der Waals surface area contributed by atoms with Crippen molar-refractivity contribution in [1.82, 2.24) is 0 Å². The van der Waals surface area contributed by atoms with Gasteiger partial charge in [-0.1, -0.05) is 61.8 Å². The Morgan fingerprint density at radius 3 is 1.57 bits per heavy atom. The second kappa shape index (κ2) is 4.68. The Kier molecular flexibility index (Phi) is 4.68. The maximum absolute atomic E-state index is 2.40. The molecule has 0 aromatic carbocycles. The zero-order valence-electron chi connectivity index (χ0n) is 11.6. The molecule has 0 aromatic rings. The molecule has 0 saturated carbocycles. The van der Waals surface area contributed by atoms with Gasteiger partial charge in [-0.15, -0.1) is 0 Å². The molecule has 0 aliphatic heterocycles. The highest BCUT2D eigenvalue weighted by atomic mass is 14.4. The molecule has 0 saturated heterocycles. The van der Waals surface area contributed by atoms with E-state index in [-0.39, 0.29) is 0 Å². The van der Waals surface area contributed by atoms with Crippen LogP contribution in [0.1, 0.15) is 68.2 Å². The topological polar surface area (TPSA) is 0 Å². The quantitative estimate of drug-likeness (QED) is 0.589. The van der Waals surface area contributed by atoms with Crippen LogP contribution in [-0.4, -0.2) is 0 Å². The first-order chi connectivity index (χ1) is 6.08. The minimum atomic E-state index is 0.447. The van der Waals surface area contributed by atoms with E-state index in [1.54, 1.807) is 0 Å². The Balaban J connectivity index is 4.58. The Morgan fingerprint density at radius 2 is 1.36 bits per heavy atom. The van der Waals surface area contributed by atoms with Crippen LogP contribution in [0.3, 0.4) is 0 Å². The van der Waals surface area contributed by atoms with E-state index in [2.05, 4.69) is 55.4 Å². The molecule has 0 aromatic heterocycles. The zero-order valence-corrected chi connectivity index (χ0v) is 11.6. The molecule has 0 nitrogen and oxygen atoms in total. The summed E-state index contributed by atoms with van der Waals surface area (Å²) in [7, 11) is 0. The highest BCUT2D eigenvalue weighted by molar-refractivity contribution is 4.81. The highest BCUT2D eigenvalue weighted by Crippen LogP contribution is 2.41. The summed E-state index contributed by atoms with van der Waals surface area (Å²) in [4.78, 5) is 0. The molecule has 14 heavy (non-hydrogen) atoms. The predicted molar refractivity (Wildman–Crippen MR) is 66.5 cm³/mol. The maximum Gasteiger partial charge on any atom is -0.0335 e. The van der Waals surface area contributed by atoms with Gasteiger partial charge in [-0.25, -0.2) is 0 Å². The standard InChI is InChI=1S/C14H30/c1-9-11(2)12(14(6,7)8)10-13(3,4)5/h11-12H,9-10H2,1-8H3. The lowest BCUT2D eigenvalue weighted by Gasteiger charge is -2.39. The molecule has 0 rings (SSSR count). The van der Waals surface area contributed by atoms with Gasteiger partial charge in [0.2, 0.25) is 0 Å². The van der Waals surface area contributed by atoms with Gasteiger partial charge in [0.05, 0.1) is 0 Å². The smallest absolute Gasteiger partial charge is 0.0335 e. The van der Waals surface area contributed by atoms with E-state index in [1.165, 1.54) is 12.8 Å². The van der Waals surface area contributed by atoms with E-state index in [4.69, 9.17) is 0 Å². The molecule has 0 spiro atoms. The van der Waals surface area contributed by atoms with Crippen molar-refractivity contribution in [3.63, 3.8) is 0 Å². The van der Waals surface area contributed by atoms with Gasteiger partial charge in [-0.05, 0) is 29.1 Å². The molecular weight excluding hydrogens is 168 g/mol. The summed E-state index contributed by atoms with van der Waals surface area (Å²) in [5.74, 6) is 1.68. The normalized spacial score (nSPS) is 18.0. The fourth-order valence-corrected chi connectivity index (χ4v) is 2.31. The van der Waals surface area contributed by atoms with Crippen LogP contribution in [0, 0.1) is 22.7 Å². The van der Waals surface area contributed by atoms with E-state index >= 15 is 0 Å². The minimum absolute atomic E-state index is 0.447. The number of rotatable bonds is 3. The summed E-state index contributed by atoms with van der Waals surface area (Å²) in [5, 5.41) is 0. The van der Waals surface area contributed by atoms with Crippen molar-refractivity contribution in [1.29, 1.82) is 0 Å². The molecule has 0 radical (unpaired) electrons. The van der Waals surface area contributed by atoms with Crippen molar-refractivity contribution in [2.24, 2.45) is 22.7 Å². The second-order valence-corrected chi connectivity index (χ2v) is 7.12. The van der Waals surface area contributed by atoms with Gasteiger partial charge >= 0.3 is 0 Å². The first-order valence-corrected chi connectivity index (χ1v) is 6.08. The van der Waals surface area contributed by atoms with Crippen LogP contribution in [0.25, 0.3) is 0 Å². The molecule has 0 bridgehead atoms. The predicted octanol–water partition coefficient (Wildman–Crippen LogP) is 5.13. The lowest BCUT2D eigenvalue weighted by molar-refractivity contribution is 0.108. The summed E-state index contributed by atoms with van der Waals surface area (Å²) in [6.45, 7) is 18.9. The Hall–Kier alpha value is 0. The maximum atomic E-state index is 2.40. The van der Waals surface area contributed by atoms with Crippen molar-refractivity contribution >= 4 is 0 Å². The van der Waals surface area contributed by atoms with Crippen LogP contribution < -0.4 is 0 Å². The third kappa shape index (κ3) is 5.02. The van der Waals surface area contributed by atoms with Gasteiger partial charge in [0.25, 0.3) is 0 Å². The molecule has 0 aliphatic carbocycles. The van der Waals surface area contributed by atoms with Crippen LogP contribution in [0.2, 0.25) is 0 Å². The summed E-state index contributed by atoms with van der Waals surface area (Å²) in [6.07, 6.45) is 2.64. The van der Waals surface area contributed by atoms with Crippen molar-refractivity contribution in [3.05, 3.63) is 0 Å². The minimum Gasteiger partial charge on any atom is -0.0651 e. The van der Waals surface area contributed by atoms with Crippen molar-refractivity contribution in [3.8, 4) is 0 Å². The third-order valence-electron chi connectivity index (χ3n) is 3.28. The summed E-state index contributed by atoms with van der Waals surface area (Å²) in [5.41, 5.74) is 0.907. The van der Waals surface area contributed by atoms with Gasteiger partial charge in [0.15, 0.2) is 0 Å². The van der Waals surface area contributed by atoms with Gasteiger partial charge in [-0.2, -0.15) is 0 Å². The van der Waals surface area contributed by atoms with Gasteiger partial charge in [0.1, 0.15) is 0 Å². The average Bonchev–Trinajstić information content (AvgIpc) is 1.95. The summed E-state index contributed by atoms with van der Waals surface area (Å²) in [6, 6.07) is 0. The molecule has 2 atom stereocenters. The lowest BCUT2D eigenvalue weighted by Crippen LogP contribution is -2.30. The van der Waals surface area contributed by atoms with E-state index in [0.29, 0.717) is 10.8 Å². The molecule has 0 amide bonds. The molecule has 0 heteroatoms. The average molecular weight is 198 g/mol. The fraction of sp³-hybridized carbons (Fsp3) is 1.00. The Bertz CT molecular complexity index is 154. The molecule has 2 unspecified atom stereocenters. The first kappa shape index (κ1) is 14.0. The molecule has 0 heterocycles. The third-order valence-corrected chi connectivity index (χ3v) is 3.28. The zero-order chi connectivity index (χ0) is 11.6. The fourth-order valence-electron chi connectivity index (χ4n) is 2.31. The van der Waals surface area contributed by atoms with Gasteiger partial charge < -0.3 is 0 Å².